The van der Waals surface area contributed by atoms with Crippen LogP contribution in [0.4, 0.5) is 11.5 Å². The number of benzene rings is 2. The Kier molecular flexibility index (Phi) is 7.48. The van der Waals surface area contributed by atoms with Crippen LogP contribution < -0.4 is 15.1 Å². The molecule has 0 radical (unpaired) electrons. The summed E-state index contributed by atoms with van der Waals surface area (Å²) in [5.74, 6) is 1.86. The number of nitrogens with one attached hydrogen (secondary N) is 2. The van der Waals surface area contributed by atoms with Crippen molar-refractivity contribution in [3.05, 3.63) is 54.7 Å². The summed E-state index contributed by atoms with van der Waals surface area (Å²) in [5, 5.41) is 11.5. The van der Waals surface area contributed by atoms with Crippen molar-refractivity contribution >= 4 is 49.9 Å². The zero-order chi connectivity index (χ0) is 28.5. The summed E-state index contributed by atoms with van der Waals surface area (Å²) in [6.45, 7) is 6.95. The summed E-state index contributed by atoms with van der Waals surface area (Å²) in [6.07, 6.45) is 5.30. The lowest BCUT2D eigenvalue weighted by molar-refractivity contribution is -0.121. The molecule has 2 aromatic carbocycles. The van der Waals surface area contributed by atoms with Crippen LogP contribution in [-0.4, -0.2) is 71.5 Å². The first-order chi connectivity index (χ1) is 20.7. The second kappa shape index (κ2) is 11.7. The van der Waals surface area contributed by atoms with Crippen LogP contribution in [0.25, 0.3) is 42.9 Å². The summed E-state index contributed by atoms with van der Waals surface area (Å²) in [5.41, 5.74) is 5.31. The monoisotopic (exact) mass is 581 g/mol. The van der Waals surface area contributed by atoms with Crippen LogP contribution in [-0.2, 0) is 9.53 Å². The number of nitrogens with zero attached hydrogens (tertiary/aromatic N) is 5. The summed E-state index contributed by atoms with van der Waals surface area (Å²) < 4.78 is 6.75. The van der Waals surface area contributed by atoms with Gasteiger partial charge in [0.2, 0.25) is 5.91 Å². The number of carbonyl (C=O) groups is 1. The third kappa shape index (κ3) is 5.32. The zero-order valence-corrected chi connectivity index (χ0v) is 24.6. The SMILES string of the molecule is CCCC(=O)NC1CCN(c2ccc(-c3cc4nc(-c5cccc6[nH]ncc56)nc(N5CCOCC5)c4s3)cc2)CC1. The Balaban J connectivity index is 1.16. The van der Waals surface area contributed by atoms with Gasteiger partial charge in [0.25, 0.3) is 0 Å². The largest absolute Gasteiger partial charge is 0.378 e. The molecular weight excluding hydrogens is 546 g/mol. The number of hydrogen-bond acceptors (Lipinski definition) is 8. The van der Waals surface area contributed by atoms with Crippen molar-refractivity contribution in [1.82, 2.24) is 25.5 Å². The van der Waals surface area contributed by atoms with E-state index in [0.29, 0.717) is 25.5 Å². The summed E-state index contributed by atoms with van der Waals surface area (Å²) in [6, 6.07) is 17.4. The maximum absolute atomic E-state index is 12.0. The molecule has 1 amide bonds. The molecule has 0 unspecified atom stereocenters. The Morgan fingerprint density at radius 2 is 1.86 bits per heavy atom. The molecule has 0 saturated carbocycles. The van der Waals surface area contributed by atoms with Crippen molar-refractivity contribution in [3.8, 4) is 21.8 Å². The van der Waals surface area contributed by atoms with Crippen molar-refractivity contribution in [2.45, 2.75) is 38.6 Å². The normalized spacial score (nSPS) is 16.4. The zero-order valence-electron chi connectivity index (χ0n) is 23.8. The maximum atomic E-state index is 12.0. The fourth-order valence-electron chi connectivity index (χ4n) is 5.98. The lowest BCUT2D eigenvalue weighted by Crippen LogP contribution is -2.44. The Hall–Kier alpha value is -4.02. The molecule has 2 aliphatic rings. The van der Waals surface area contributed by atoms with Gasteiger partial charge in [0.1, 0.15) is 0 Å². The van der Waals surface area contributed by atoms with Gasteiger partial charge in [-0.3, -0.25) is 9.89 Å². The standard InChI is InChI=1S/C32H35N7O2S/c1-2-4-29(40)34-22-11-13-38(14-12-22)23-9-7-21(8-10-23)28-19-27-30(42-28)32(39-15-17-41-18-16-39)36-31(35-27)24-5-3-6-26-25(24)20-33-37-26/h3,5-10,19-20,22H,2,4,11-18H2,1H3,(H,33,37)(H,34,40). The second-order valence-electron chi connectivity index (χ2n) is 11.1. The topological polar surface area (TPSA) is 99.3 Å². The van der Waals surface area contributed by atoms with Crippen molar-refractivity contribution in [2.75, 3.05) is 49.2 Å². The number of rotatable bonds is 7. The van der Waals surface area contributed by atoms with E-state index in [0.717, 1.165) is 77.9 Å². The molecule has 216 valence electrons. The Morgan fingerprint density at radius 1 is 1.05 bits per heavy atom. The lowest BCUT2D eigenvalue weighted by Gasteiger charge is -2.34. The molecule has 0 aliphatic carbocycles. The first-order valence-electron chi connectivity index (χ1n) is 14.9. The van der Waals surface area contributed by atoms with E-state index in [9.17, 15) is 4.79 Å². The summed E-state index contributed by atoms with van der Waals surface area (Å²) in [4.78, 5) is 28.1. The number of ether oxygens (including phenoxy) is 1. The molecule has 2 saturated heterocycles. The Morgan fingerprint density at radius 3 is 2.64 bits per heavy atom. The average molecular weight is 582 g/mol. The molecule has 5 aromatic rings. The molecule has 10 heteroatoms. The van der Waals surface area contributed by atoms with Gasteiger partial charge in [-0.1, -0.05) is 31.2 Å². The highest BCUT2D eigenvalue weighted by Gasteiger charge is 2.23. The number of aromatic amines is 1. The minimum Gasteiger partial charge on any atom is -0.378 e. The van der Waals surface area contributed by atoms with Crippen LogP contribution in [0.2, 0.25) is 0 Å². The van der Waals surface area contributed by atoms with E-state index < -0.39 is 0 Å². The molecule has 0 spiro atoms. The highest BCUT2D eigenvalue weighted by Crippen LogP contribution is 2.40. The van der Waals surface area contributed by atoms with E-state index in [-0.39, 0.29) is 11.9 Å². The third-order valence-electron chi connectivity index (χ3n) is 8.24. The van der Waals surface area contributed by atoms with Gasteiger partial charge in [0.15, 0.2) is 11.6 Å². The number of aromatic nitrogens is 4. The van der Waals surface area contributed by atoms with E-state index in [1.54, 1.807) is 11.3 Å². The molecule has 2 aliphatic heterocycles. The first-order valence-corrected chi connectivity index (χ1v) is 15.7. The van der Waals surface area contributed by atoms with E-state index in [2.05, 4.69) is 61.7 Å². The molecule has 42 heavy (non-hydrogen) atoms. The summed E-state index contributed by atoms with van der Waals surface area (Å²) >= 11 is 1.75. The smallest absolute Gasteiger partial charge is 0.220 e. The minimum atomic E-state index is 0.177. The molecular formula is C32H35N7O2S. The average Bonchev–Trinajstić information content (AvgIpc) is 3.69. The van der Waals surface area contributed by atoms with E-state index in [1.165, 1.54) is 16.1 Å². The maximum Gasteiger partial charge on any atom is 0.220 e. The number of hydrogen-bond donors (Lipinski definition) is 2. The lowest BCUT2D eigenvalue weighted by atomic mass is 10.0. The van der Waals surface area contributed by atoms with Crippen molar-refractivity contribution < 1.29 is 9.53 Å². The highest BCUT2D eigenvalue weighted by molar-refractivity contribution is 7.22. The van der Waals surface area contributed by atoms with Crippen molar-refractivity contribution in [2.24, 2.45) is 0 Å². The van der Waals surface area contributed by atoms with Gasteiger partial charge in [-0.15, -0.1) is 11.3 Å². The number of anilines is 2. The molecule has 0 atom stereocenters. The quantitative estimate of drug-likeness (QED) is 0.257. The van der Waals surface area contributed by atoms with E-state index >= 15 is 0 Å². The Labute approximate surface area is 248 Å². The number of H-pyrrole nitrogens is 1. The van der Waals surface area contributed by atoms with Crippen LogP contribution in [0.3, 0.4) is 0 Å². The predicted octanol–water partition coefficient (Wildman–Crippen LogP) is 5.62. The first kappa shape index (κ1) is 26.9. The van der Waals surface area contributed by atoms with Crippen molar-refractivity contribution in [1.29, 1.82) is 0 Å². The molecule has 9 nitrogen and oxygen atoms in total. The van der Waals surface area contributed by atoms with Gasteiger partial charge in [0, 0.05) is 60.2 Å². The van der Waals surface area contributed by atoms with E-state index in [1.807, 2.05) is 25.3 Å². The van der Waals surface area contributed by atoms with Gasteiger partial charge in [-0.2, -0.15) is 5.10 Å². The van der Waals surface area contributed by atoms with Crippen LogP contribution in [0.5, 0.6) is 0 Å². The molecule has 0 bridgehead atoms. The van der Waals surface area contributed by atoms with Crippen LogP contribution in [0.15, 0.2) is 54.7 Å². The number of amides is 1. The highest BCUT2D eigenvalue weighted by atomic mass is 32.1. The van der Waals surface area contributed by atoms with Crippen molar-refractivity contribution in [3.63, 3.8) is 0 Å². The van der Waals surface area contributed by atoms with Crippen LogP contribution >= 0.6 is 11.3 Å². The van der Waals surface area contributed by atoms with Gasteiger partial charge in [-0.05, 0) is 49.1 Å². The number of thiophene rings is 1. The molecule has 7 rings (SSSR count). The van der Waals surface area contributed by atoms with Gasteiger partial charge < -0.3 is 19.9 Å². The number of morpholine rings is 1. The van der Waals surface area contributed by atoms with Gasteiger partial charge in [0.05, 0.1) is 35.1 Å². The molecule has 2 fully saturated rings. The number of fused-ring (bicyclic) bond motifs is 2. The van der Waals surface area contributed by atoms with E-state index in [4.69, 9.17) is 14.7 Å². The fraction of sp³-hybridized carbons (Fsp3) is 0.375. The Bertz CT molecular complexity index is 1700. The van der Waals surface area contributed by atoms with Gasteiger partial charge >= 0.3 is 0 Å². The summed E-state index contributed by atoms with van der Waals surface area (Å²) in [7, 11) is 0. The molecule has 2 N–H and O–H groups in total. The van der Waals surface area contributed by atoms with Crippen LogP contribution in [0.1, 0.15) is 32.6 Å². The second-order valence-corrected chi connectivity index (χ2v) is 12.1. The predicted molar refractivity (Wildman–Crippen MR) is 169 cm³/mol. The fourth-order valence-corrected chi connectivity index (χ4v) is 7.10. The molecule has 3 aromatic heterocycles. The number of piperidine rings is 1. The third-order valence-corrected chi connectivity index (χ3v) is 9.41. The molecule has 5 heterocycles. The number of carbonyl (C=O) groups excluding carboxylic acids is 1. The van der Waals surface area contributed by atoms with Gasteiger partial charge in [-0.25, -0.2) is 9.97 Å². The van der Waals surface area contributed by atoms with Crippen LogP contribution in [0, 0.1) is 0 Å². The minimum absolute atomic E-state index is 0.177.